The SMILES string of the molecule is CN(C)CCS(=O)(=O)Nc1ccc(C(=O)OC(Cc2c(Cl)c[n+]([O-])cc2Cl)c2ccc(OC(F)F)c(OCC3CC3)c2)cc1. The number of hydrogen-bond acceptors (Lipinski definition) is 8. The minimum atomic E-state index is -3.61. The summed E-state index contributed by atoms with van der Waals surface area (Å²) < 4.78 is 70.0. The first-order valence-electron chi connectivity index (χ1n) is 13.5. The summed E-state index contributed by atoms with van der Waals surface area (Å²) in [4.78, 5) is 15.0. The van der Waals surface area contributed by atoms with Gasteiger partial charge in [0, 0.05) is 24.2 Å². The third-order valence-electron chi connectivity index (χ3n) is 6.62. The molecule has 0 bridgehead atoms. The summed E-state index contributed by atoms with van der Waals surface area (Å²) in [6, 6.07) is 9.84. The van der Waals surface area contributed by atoms with E-state index >= 15 is 0 Å². The molecule has 1 saturated carbocycles. The van der Waals surface area contributed by atoms with Gasteiger partial charge < -0.3 is 24.3 Å². The van der Waals surface area contributed by atoms with E-state index in [1.807, 2.05) is 0 Å². The summed E-state index contributed by atoms with van der Waals surface area (Å²) >= 11 is 12.6. The standard InChI is InChI=1S/C29H31Cl2F2N3O7S/c1-35(2)11-12-44(39,40)34-21-8-5-19(6-9-21)28(37)42-26(14-22-23(30)15-36(38)16-24(22)31)20-7-10-25(43-29(32)33)27(13-20)41-17-18-3-4-18/h5-10,13,15-16,18,26,29,34H,3-4,11-12,14,17H2,1-2H3. The predicted molar refractivity (Wildman–Crippen MR) is 161 cm³/mol. The molecular weight excluding hydrogens is 643 g/mol. The van der Waals surface area contributed by atoms with Crippen LogP contribution in [0.3, 0.4) is 0 Å². The van der Waals surface area contributed by atoms with Crippen molar-refractivity contribution in [3.63, 3.8) is 0 Å². The van der Waals surface area contributed by atoms with Crippen LogP contribution in [0.4, 0.5) is 14.5 Å². The van der Waals surface area contributed by atoms with E-state index < -0.39 is 28.7 Å². The van der Waals surface area contributed by atoms with E-state index in [0.29, 0.717) is 34.9 Å². The fraction of sp³-hybridized carbons (Fsp3) is 0.379. The summed E-state index contributed by atoms with van der Waals surface area (Å²) in [5.41, 5.74) is 1.05. The lowest BCUT2D eigenvalue weighted by atomic mass is 10.0. The number of hydrogen-bond donors (Lipinski definition) is 1. The minimum absolute atomic E-state index is 0.0299. The van der Waals surface area contributed by atoms with Crippen molar-refractivity contribution < 1.29 is 40.9 Å². The van der Waals surface area contributed by atoms with Crippen molar-refractivity contribution in [3.05, 3.63) is 86.8 Å². The fourth-order valence-corrected chi connectivity index (χ4v) is 5.87. The lowest BCUT2D eigenvalue weighted by Gasteiger charge is -2.21. The number of pyridine rings is 1. The number of benzene rings is 2. The van der Waals surface area contributed by atoms with Gasteiger partial charge in [0.25, 0.3) is 0 Å². The van der Waals surface area contributed by atoms with E-state index in [2.05, 4.69) is 9.46 Å². The Hall–Kier alpha value is -3.39. The average molecular weight is 675 g/mol. The van der Waals surface area contributed by atoms with Crippen LogP contribution in [0.5, 0.6) is 11.5 Å². The maximum absolute atomic E-state index is 13.3. The maximum Gasteiger partial charge on any atom is 0.387 e. The number of anilines is 1. The van der Waals surface area contributed by atoms with E-state index in [0.717, 1.165) is 25.2 Å². The Kier molecular flexibility index (Phi) is 11.1. The van der Waals surface area contributed by atoms with Crippen molar-refractivity contribution in [1.29, 1.82) is 0 Å². The molecule has 1 unspecified atom stereocenters. The van der Waals surface area contributed by atoms with Crippen molar-refractivity contribution >= 4 is 44.9 Å². The number of nitrogens with zero attached hydrogens (tertiary/aromatic N) is 2. The first-order chi connectivity index (χ1) is 20.8. The summed E-state index contributed by atoms with van der Waals surface area (Å²) in [6.45, 7) is -2.45. The van der Waals surface area contributed by atoms with Gasteiger partial charge in [-0.05, 0) is 74.8 Å². The summed E-state index contributed by atoms with van der Waals surface area (Å²) in [5, 5.41) is 11.9. The quantitative estimate of drug-likeness (QED) is 0.128. The van der Waals surface area contributed by atoms with E-state index in [1.165, 1.54) is 42.5 Å². The second kappa shape index (κ2) is 14.6. The van der Waals surface area contributed by atoms with Gasteiger partial charge in [0.2, 0.25) is 10.0 Å². The number of esters is 1. The topological polar surface area (TPSA) is 121 Å². The molecule has 1 N–H and O–H groups in total. The molecule has 1 heterocycles. The Morgan fingerprint density at radius 3 is 2.34 bits per heavy atom. The zero-order chi connectivity index (χ0) is 32.0. The highest BCUT2D eigenvalue weighted by atomic mass is 35.5. The molecule has 238 valence electrons. The molecule has 2 aromatic carbocycles. The van der Waals surface area contributed by atoms with Crippen LogP contribution in [0, 0.1) is 11.1 Å². The molecule has 0 spiro atoms. The second-order valence-corrected chi connectivity index (χ2v) is 13.2. The Morgan fingerprint density at radius 2 is 1.75 bits per heavy atom. The molecule has 10 nitrogen and oxygen atoms in total. The second-order valence-electron chi connectivity index (χ2n) is 10.5. The highest BCUT2D eigenvalue weighted by molar-refractivity contribution is 7.92. The number of aromatic nitrogens is 1. The van der Waals surface area contributed by atoms with Crippen molar-refractivity contribution in [3.8, 4) is 11.5 Å². The lowest BCUT2D eigenvalue weighted by molar-refractivity contribution is -0.605. The number of carbonyl (C=O) groups is 1. The van der Waals surface area contributed by atoms with Crippen molar-refractivity contribution in [2.45, 2.75) is 32.0 Å². The maximum atomic E-state index is 13.3. The number of ether oxygens (including phenoxy) is 3. The van der Waals surface area contributed by atoms with Crippen LogP contribution in [0.15, 0.2) is 54.9 Å². The van der Waals surface area contributed by atoms with Gasteiger partial charge in [-0.25, -0.2) is 13.2 Å². The molecule has 0 amide bonds. The van der Waals surface area contributed by atoms with Gasteiger partial charge >= 0.3 is 12.6 Å². The van der Waals surface area contributed by atoms with Gasteiger partial charge in [-0.2, -0.15) is 13.5 Å². The van der Waals surface area contributed by atoms with Crippen LogP contribution in [0.1, 0.15) is 40.4 Å². The van der Waals surface area contributed by atoms with Gasteiger partial charge in [0.1, 0.15) is 16.1 Å². The monoisotopic (exact) mass is 673 g/mol. The van der Waals surface area contributed by atoms with Gasteiger partial charge in [-0.1, -0.05) is 29.3 Å². The molecule has 0 aliphatic heterocycles. The van der Waals surface area contributed by atoms with Gasteiger partial charge in [0.05, 0.1) is 17.9 Å². The van der Waals surface area contributed by atoms with Crippen LogP contribution in [0.2, 0.25) is 10.0 Å². The molecule has 4 rings (SSSR count). The molecule has 1 aliphatic rings. The summed E-state index contributed by atoms with van der Waals surface area (Å²) in [7, 11) is -0.0904. The third kappa shape index (κ3) is 9.81. The Labute approximate surface area is 264 Å². The molecule has 0 radical (unpaired) electrons. The van der Waals surface area contributed by atoms with E-state index in [-0.39, 0.29) is 45.0 Å². The Balaban J connectivity index is 1.60. The normalized spacial score (nSPS) is 14.0. The molecule has 44 heavy (non-hydrogen) atoms. The Bertz CT molecular complexity index is 1550. The van der Waals surface area contributed by atoms with E-state index in [1.54, 1.807) is 19.0 Å². The van der Waals surface area contributed by atoms with Crippen LogP contribution in [0.25, 0.3) is 0 Å². The lowest BCUT2D eigenvalue weighted by Crippen LogP contribution is -2.26. The average Bonchev–Trinajstić information content (AvgIpc) is 3.77. The molecule has 0 saturated heterocycles. The number of carbonyl (C=O) groups excluding carboxylic acids is 1. The number of alkyl halides is 2. The first-order valence-corrected chi connectivity index (χ1v) is 15.9. The van der Waals surface area contributed by atoms with Crippen LogP contribution in [-0.4, -0.2) is 58.9 Å². The molecule has 1 aromatic heterocycles. The largest absolute Gasteiger partial charge is 0.619 e. The van der Waals surface area contributed by atoms with Crippen LogP contribution < -0.4 is 18.9 Å². The van der Waals surface area contributed by atoms with Gasteiger partial charge in [-0.3, -0.25) is 4.72 Å². The van der Waals surface area contributed by atoms with E-state index in [9.17, 15) is 27.2 Å². The van der Waals surface area contributed by atoms with Crippen molar-refractivity contribution in [1.82, 2.24) is 4.90 Å². The van der Waals surface area contributed by atoms with Crippen LogP contribution in [-0.2, 0) is 21.2 Å². The Morgan fingerprint density at radius 1 is 1.09 bits per heavy atom. The molecule has 15 heteroatoms. The summed E-state index contributed by atoms with van der Waals surface area (Å²) in [6.07, 6.45) is 2.99. The van der Waals surface area contributed by atoms with Gasteiger partial charge in [-0.15, -0.1) is 0 Å². The number of rotatable bonds is 15. The molecule has 1 atom stereocenters. The molecule has 1 aliphatic carbocycles. The minimum Gasteiger partial charge on any atom is -0.619 e. The fourth-order valence-electron chi connectivity index (χ4n) is 4.07. The smallest absolute Gasteiger partial charge is 0.387 e. The number of nitrogens with one attached hydrogen (secondary N) is 1. The van der Waals surface area contributed by atoms with Gasteiger partial charge in [0.15, 0.2) is 23.9 Å². The number of halogens is 4. The summed E-state index contributed by atoms with van der Waals surface area (Å²) in [5.74, 6) is -0.707. The van der Waals surface area contributed by atoms with Crippen molar-refractivity contribution in [2.24, 2.45) is 5.92 Å². The predicted octanol–water partition coefficient (Wildman–Crippen LogP) is 5.46. The highest BCUT2D eigenvalue weighted by Gasteiger charge is 2.27. The highest BCUT2D eigenvalue weighted by Crippen LogP contribution is 2.38. The molecule has 1 fully saturated rings. The molecule has 3 aromatic rings. The van der Waals surface area contributed by atoms with E-state index in [4.69, 9.17) is 32.7 Å². The van der Waals surface area contributed by atoms with Crippen LogP contribution >= 0.6 is 23.2 Å². The number of sulfonamides is 1. The zero-order valence-corrected chi connectivity index (χ0v) is 26.2. The third-order valence-corrected chi connectivity index (χ3v) is 8.54. The first kappa shape index (κ1) is 33.5. The molecular formula is C29H31Cl2F2N3O7S. The zero-order valence-electron chi connectivity index (χ0n) is 23.8. The van der Waals surface area contributed by atoms with Crippen molar-refractivity contribution in [2.75, 3.05) is 37.7 Å².